The number of imidazole rings is 1. The Morgan fingerprint density at radius 3 is 2.50 bits per heavy atom. The fraction of sp³-hybridized carbons (Fsp3) is 0.304. The van der Waals surface area contributed by atoms with E-state index in [0.717, 1.165) is 41.7 Å². The molecule has 0 aliphatic carbocycles. The minimum absolute atomic E-state index is 0.121. The number of aromatic nitrogens is 2. The van der Waals surface area contributed by atoms with Crippen LogP contribution in [0.15, 0.2) is 59.8 Å². The van der Waals surface area contributed by atoms with Crippen LogP contribution in [0.5, 0.6) is 5.75 Å². The van der Waals surface area contributed by atoms with Gasteiger partial charge in [0.1, 0.15) is 5.75 Å². The molecule has 1 fully saturated rings. The maximum absolute atomic E-state index is 12.7. The minimum atomic E-state index is 0.121. The monoisotopic (exact) mass is 422 g/mol. The Labute approximate surface area is 180 Å². The molecule has 156 valence electrons. The molecule has 4 rings (SSSR count). The highest BCUT2D eigenvalue weighted by atomic mass is 32.2. The summed E-state index contributed by atoms with van der Waals surface area (Å²) in [7, 11) is 0. The molecular formula is C23H26N4O2S. The molecule has 2 aromatic carbocycles. The van der Waals surface area contributed by atoms with E-state index in [9.17, 15) is 9.90 Å². The van der Waals surface area contributed by atoms with Crippen molar-refractivity contribution in [1.29, 1.82) is 0 Å². The highest BCUT2D eigenvalue weighted by Crippen LogP contribution is 2.27. The number of aromatic amines is 1. The standard InChI is InChI=1S/C23H26N4O2S/c1-17-19(15-18-7-3-2-4-8-18)25-23(24-17)30-16-22(29)27-13-11-26(12-14-27)20-9-5-6-10-21(20)28/h2-10,28H,11-16H2,1H3,(H,24,25). The number of carbonyl (C=O) groups is 1. The molecule has 3 aromatic rings. The van der Waals surface area contributed by atoms with Crippen molar-refractivity contribution in [3.8, 4) is 5.75 Å². The number of H-pyrrole nitrogens is 1. The van der Waals surface area contributed by atoms with E-state index < -0.39 is 0 Å². The Kier molecular flexibility index (Phi) is 6.28. The molecule has 1 amide bonds. The van der Waals surface area contributed by atoms with Gasteiger partial charge in [-0.2, -0.15) is 0 Å². The Hall–Kier alpha value is -2.93. The van der Waals surface area contributed by atoms with Crippen molar-refractivity contribution < 1.29 is 9.90 Å². The summed E-state index contributed by atoms with van der Waals surface area (Å²) in [6.45, 7) is 4.77. The van der Waals surface area contributed by atoms with Crippen LogP contribution in [0.1, 0.15) is 17.0 Å². The third kappa shape index (κ3) is 4.79. The van der Waals surface area contributed by atoms with E-state index >= 15 is 0 Å². The number of para-hydroxylation sites is 2. The molecule has 1 aromatic heterocycles. The van der Waals surface area contributed by atoms with Crippen molar-refractivity contribution in [2.75, 3.05) is 36.8 Å². The first-order chi connectivity index (χ1) is 14.6. The molecule has 2 N–H and O–H groups in total. The molecule has 1 aliphatic heterocycles. The van der Waals surface area contributed by atoms with Crippen LogP contribution in [0.3, 0.4) is 0 Å². The van der Waals surface area contributed by atoms with Crippen LogP contribution in [0.2, 0.25) is 0 Å². The predicted molar refractivity (Wildman–Crippen MR) is 120 cm³/mol. The second-order valence-electron chi connectivity index (χ2n) is 7.42. The van der Waals surface area contributed by atoms with E-state index in [2.05, 4.69) is 27.0 Å². The maximum atomic E-state index is 12.7. The lowest BCUT2D eigenvalue weighted by Crippen LogP contribution is -2.49. The molecule has 0 radical (unpaired) electrons. The molecule has 30 heavy (non-hydrogen) atoms. The summed E-state index contributed by atoms with van der Waals surface area (Å²) in [5.74, 6) is 0.775. The number of amides is 1. The van der Waals surface area contributed by atoms with E-state index in [0.29, 0.717) is 18.8 Å². The van der Waals surface area contributed by atoms with E-state index in [-0.39, 0.29) is 11.7 Å². The van der Waals surface area contributed by atoms with Gasteiger partial charge in [-0.15, -0.1) is 0 Å². The number of anilines is 1. The maximum Gasteiger partial charge on any atom is 0.233 e. The molecule has 0 atom stereocenters. The number of aromatic hydroxyl groups is 1. The molecule has 0 unspecified atom stereocenters. The van der Waals surface area contributed by atoms with Gasteiger partial charge in [-0.25, -0.2) is 4.98 Å². The van der Waals surface area contributed by atoms with E-state index in [1.54, 1.807) is 6.07 Å². The third-order valence-electron chi connectivity index (χ3n) is 5.37. The van der Waals surface area contributed by atoms with Gasteiger partial charge in [0.2, 0.25) is 5.91 Å². The lowest BCUT2D eigenvalue weighted by Gasteiger charge is -2.36. The number of carbonyl (C=O) groups excluding carboxylic acids is 1. The van der Waals surface area contributed by atoms with Gasteiger partial charge in [0, 0.05) is 38.3 Å². The van der Waals surface area contributed by atoms with Gasteiger partial charge in [0.15, 0.2) is 5.16 Å². The van der Waals surface area contributed by atoms with Crippen LogP contribution < -0.4 is 4.90 Å². The second kappa shape index (κ2) is 9.26. The number of phenolic OH excluding ortho intramolecular Hbond substituents is 1. The fourth-order valence-corrected chi connectivity index (χ4v) is 4.49. The SMILES string of the molecule is Cc1[nH]c(SCC(=O)N2CCN(c3ccccc3O)CC2)nc1Cc1ccccc1. The lowest BCUT2D eigenvalue weighted by atomic mass is 10.1. The Balaban J connectivity index is 1.28. The number of piperazine rings is 1. The minimum Gasteiger partial charge on any atom is -0.506 e. The van der Waals surface area contributed by atoms with E-state index in [1.165, 1.54) is 17.3 Å². The van der Waals surface area contributed by atoms with E-state index in [1.807, 2.05) is 48.2 Å². The first kappa shape index (κ1) is 20.3. The average molecular weight is 423 g/mol. The normalized spacial score (nSPS) is 14.2. The van der Waals surface area contributed by atoms with Crippen LogP contribution in [-0.2, 0) is 11.2 Å². The zero-order chi connectivity index (χ0) is 20.9. The van der Waals surface area contributed by atoms with Gasteiger partial charge in [-0.3, -0.25) is 4.79 Å². The van der Waals surface area contributed by atoms with Gasteiger partial charge >= 0.3 is 0 Å². The van der Waals surface area contributed by atoms with E-state index in [4.69, 9.17) is 0 Å². The zero-order valence-electron chi connectivity index (χ0n) is 17.0. The highest BCUT2D eigenvalue weighted by Gasteiger charge is 2.23. The van der Waals surface area contributed by atoms with Gasteiger partial charge in [-0.1, -0.05) is 54.2 Å². The lowest BCUT2D eigenvalue weighted by molar-refractivity contribution is -0.128. The van der Waals surface area contributed by atoms with Gasteiger partial charge < -0.3 is 19.9 Å². The number of nitrogens with one attached hydrogen (secondary N) is 1. The largest absolute Gasteiger partial charge is 0.506 e. The van der Waals surface area contributed by atoms with Crippen LogP contribution in [0, 0.1) is 6.92 Å². The number of aryl methyl sites for hydroxylation is 1. The fourth-order valence-electron chi connectivity index (χ4n) is 3.65. The second-order valence-corrected chi connectivity index (χ2v) is 8.39. The number of rotatable bonds is 6. The number of nitrogens with zero attached hydrogens (tertiary/aromatic N) is 3. The molecule has 0 saturated carbocycles. The first-order valence-corrected chi connectivity index (χ1v) is 11.1. The Bertz CT molecular complexity index is 997. The van der Waals surface area contributed by atoms with Crippen molar-refractivity contribution in [2.24, 2.45) is 0 Å². The highest BCUT2D eigenvalue weighted by molar-refractivity contribution is 7.99. The van der Waals surface area contributed by atoms with Crippen LogP contribution in [0.4, 0.5) is 5.69 Å². The summed E-state index contributed by atoms with van der Waals surface area (Å²) in [6, 6.07) is 17.6. The van der Waals surface area contributed by atoms with Crippen molar-refractivity contribution in [3.63, 3.8) is 0 Å². The van der Waals surface area contributed by atoms with Gasteiger partial charge in [0.05, 0.1) is 17.1 Å². The number of phenols is 1. The molecular weight excluding hydrogens is 396 g/mol. The molecule has 0 bridgehead atoms. The zero-order valence-corrected chi connectivity index (χ0v) is 17.9. The van der Waals surface area contributed by atoms with Crippen molar-refractivity contribution in [2.45, 2.75) is 18.5 Å². The Morgan fingerprint density at radius 2 is 1.77 bits per heavy atom. The summed E-state index contributed by atoms with van der Waals surface area (Å²) in [6.07, 6.45) is 0.784. The molecule has 0 spiro atoms. The first-order valence-electron chi connectivity index (χ1n) is 10.1. The average Bonchev–Trinajstić information content (AvgIpc) is 3.12. The summed E-state index contributed by atoms with van der Waals surface area (Å²) in [5, 5.41) is 10.8. The predicted octanol–water partition coefficient (Wildman–Crippen LogP) is 3.46. The van der Waals surface area contributed by atoms with Crippen molar-refractivity contribution >= 4 is 23.4 Å². The van der Waals surface area contributed by atoms with Gasteiger partial charge in [0.25, 0.3) is 0 Å². The van der Waals surface area contributed by atoms with Gasteiger partial charge in [-0.05, 0) is 24.6 Å². The molecule has 7 heteroatoms. The smallest absolute Gasteiger partial charge is 0.233 e. The van der Waals surface area contributed by atoms with Crippen LogP contribution >= 0.6 is 11.8 Å². The third-order valence-corrected chi connectivity index (χ3v) is 6.22. The summed E-state index contributed by atoms with van der Waals surface area (Å²) >= 11 is 1.46. The summed E-state index contributed by atoms with van der Waals surface area (Å²) in [4.78, 5) is 24.7. The number of hydrogen-bond acceptors (Lipinski definition) is 5. The van der Waals surface area contributed by atoms with Crippen LogP contribution in [0.25, 0.3) is 0 Å². The number of hydrogen-bond donors (Lipinski definition) is 2. The molecule has 1 aliphatic rings. The van der Waals surface area contributed by atoms with Crippen molar-refractivity contribution in [1.82, 2.24) is 14.9 Å². The van der Waals surface area contributed by atoms with Crippen LogP contribution in [-0.4, -0.2) is 57.8 Å². The Morgan fingerprint density at radius 1 is 1.07 bits per heavy atom. The number of thioether (sulfide) groups is 1. The van der Waals surface area contributed by atoms with Crippen molar-refractivity contribution in [3.05, 3.63) is 71.5 Å². The quantitative estimate of drug-likeness (QED) is 0.596. The summed E-state index contributed by atoms with van der Waals surface area (Å²) < 4.78 is 0. The molecule has 1 saturated heterocycles. The molecule has 2 heterocycles. The summed E-state index contributed by atoms with van der Waals surface area (Å²) in [5.41, 5.74) is 4.12. The molecule has 6 nitrogen and oxygen atoms in total. The topological polar surface area (TPSA) is 72.5 Å². The number of benzene rings is 2.